The Morgan fingerprint density at radius 3 is 2.52 bits per heavy atom. The van der Waals surface area contributed by atoms with E-state index >= 15 is 0 Å². The van der Waals surface area contributed by atoms with Crippen molar-refractivity contribution in [2.75, 3.05) is 7.05 Å². The number of carbonyl (C=O) groups excluding carboxylic acids is 1. The molecule has 1 heterocycles. The van der Waals surface area contributed by atoms with E-state index in [1.165, 1.54) is 10.4 Å². The molecule has 170 valence electrons. The molecule has 1 aliphatic carbocycles. The van der Waals surface area contributed by atoms with Gasteiger partial charge in [0.15, 0.2) is 0 Å². The fraction of sp³-hybridized carbons (Fsp3) is 0.565. The summed E-state index contributed by atoms with van der Waals surface area (Å²) in [6.07, 6.45) is 7.20. The minimum atomic E-state index is -3.74. The molecule has 0 spiro atoms. The van der Waals surface area contributed by atoms with E-state index in [0.29, 0.717) is 12.1 Å². The second-order valence-corrected chi connectivity index (χ2v) is 10.4. The van der Waals surface area contributed by atoms with Gasteiger partial charge in [0.25, 0.3) is 5.91 Å². The predicted molar refractivity (Wildman–Crippen MR) is 123 cm³/mol. The number of rotatable bonds is 7. The summed E-state index contributed by atoms with van der Waals surface area (Å²) < 4.78 is 29.8. The quantitative estimate of drug-likeness (QED) is 0.704. The van der Waals surface area contributed by atoms with Crippen LogP contribution in [0.25, 0.3) is 10.9 Å². The van der Waals surface area contributed by atoms with Crippen molar-refractivity contribution in [1.29, 1.82) is 0 Å². The van der Waals surface area contributed by atoms with Gasteiger partial charge in [0.05, 0.1) is 10.4 Å². The molecule has 1 aromatic carbocycles. The van der Waals surface area contributed by atoms with E-state index in [-0.39, 0.29) is 27.9 Å². The van der Waals surface area contributed by atoms with Crippen LogP contribution in [-0.2, 0) is 16.6 Å². The topological polar surface area (TPSA) is 88.5 Å². The molecular formula is C23H33N3O4S. The van der Waals surface area contributed by atoms with Gasteiger partial charge in [0.1, 0.15) is 5.56 Å². The molecule has 1 amide bonds. The van der Waals surface area contributed by atoms with E-state index in [0.717, 1.165) is 38.5 Å². The van der Waals surface area contributed by atoms with Gasteiger partial charge in [0.2, 0.25) is 15.5 Å². The maximum absolute atomic E-state index is 13.3. The Bertz CT molecular complexity index is 1120. The van der Waals surface area contributed by atoms with Crippen molar-refractivity contribution in [2.45, 2.75) is 82.8 Å². The molecule has 0 radical (unpaired) electrons. The summed E-state index contributed by atoms with van der Waals surface area (Å²) in [4.78, 5) is 26.0. The van der Waals surface area contributed by atoms with Gasteiger partial charge >= 0.3 is 0 Å². The first-order chi connectivity index (χ1) is 14.7. The smallest absolute Gasteiger partial charge is 0.256 e. The number of sulfonamides is 1. The van der Waals surface area contributed by atoms with Crippen molar-refractivity contribution in [3.63, 3.8) is 0 Å². The SMILES string of the molecule is CC[C@H](C)NC(=O)c1cn(CC)c2ccc(S(=O)(=O)N(C)C3CCCCC3)cc2c1=O. The third kappa shape index (κ3) is 4.70. The number of amides is 1. The molecule has 3 rings (SSSR count). The molecule has 7 nitrogen and oxygen atoms in total. The third-order valence-electron chi connectivity index (χ3n) is 6.39. The molecule has 1 aromatic heterocycles. The monoisotopic (exact) mass is 447 g/mol. The molecule has 1 aliphatic rings. The van der Waals surface area contributed by atoms with Crippen LogP contribution < -0.4 is 10.7 Å². The highest BCUT2D eigenvalue weighted by molar-refractivity contribution is 7.89. The van der Waals surface area contributed by atoms with E-state index in [4.69, 9.17) is 0 Å². The molecule has 8 heteroatoms. The van der Waals surface area contributed by atoms with E-state index in [1.807, 2.05) is 25.3 Å². The van der Waals surface area contributed by atoms with Crippen LogP contribution in [-0.4, -0.2) is 42.3 Å². The first kappa shape index (κ1) is 23.5. The number of nitrogens with zero attached hydrogens (tertiary/aromatic N) is 2. The predicted octanol–water partition coefficient (Wildman–Crippen LogP) is 3.50. The highest BCUT2D eigenvalue weighted by Gasteiger charge is 2.29. The van der Waals surface area contributed by atoms with Crippen molar-refractivity contribution >= 4 is 26.8 Å². The van der Waals surface area contributed by atoms with Crippen LogP contribution in [0.15, 0.2) is 34.1 Å². The number of fused-ring (bicyclic) bond motifs is 1. The zero-order valence-corrected chi connectivity index (χ0v) is 19.7. The minimum Gasteiger partial charge on any atom is -0.349 e. The van der Waals surface area contributed by atoms with Crippen molar-refractivity contribution in [1.82, 2.24) is 14.2 Å². The lowest BCUT2D eigenvalue weighted by molar-refractivity contribution is 0.0937. The molecule has 0 saturated heterocycles. The van der Waals surface area contributed by atoms with Gasteiger partial charge in [-0.2, -0.15) is 4.31 Å². The molecule has 0 unspecified atom stereocenters. The lowest BCUT2D eigenvalue weighted by atomic mass is 9.96. The second kappa shape index (κ2) is 9.53. The number of aromatic nitrogens is 1. The highest BCUT2D eigenvalue weighted by Crippen LogP contribution is 2.27. The summed E-state index contributed by atoms with van der Waals surface area (Å²) in [5.74, 6) is -0.434. The zero-order valence-electron chi connectivity index (χ0n) is 18.8. The fourth-order valence-electron chi connectivity index (χ4n) is 4.17. The first-order valence-electron chi connectivity index (χ1n) is 11.2. The van der Waals surface area contributed by atoms with Gasteiger partial charge in [0, 0.05) is 37.3 Å². The maximum atomic E-state index is 13.3. The van der Waals surface area contributed by atoms with Gasteiger partial charge in [-0.05, 0) is 51.3 Å². The number of hydrogen-bond donors (Lipinski definition) is 1. The molecule has 1 atom stereocenters. The third-order valence-corrected chi connectivity index (χ3v) is 8.30. The van der Waals surface area contributed by atoms with Crippen molar-refractivity contribution in [3.8, 4) is 0 Å². The molecule has 1 fully saturated rings. The number of nitrogens with one attached hydrogen (secondary N) is 1. The highest BCUT2D eigenvalue weighted by atomic mass is 32.2. The number of hydrogen-bond acceptors (Lipinski definition) is 4. The zero-order chi connectivity index (χ0) is 22.8. The Morgan fingerprint density at radius 1 is 1.23 bits per heavy atom. The number of carbonyl (C=O) groups is 1. The molecule has 31 heavy (non-hydrogen) atoms. The van der Waals surface area contributed by atoms with Gasteiger partial charge in [-0.1, -0.05) is 26.2 Å². The van der Waals surface area contributed by atoms with Gasteiger partial charge < -0.3 is 9.88 Å². The molecule has 0 aliphatic heterocycles. The number of aryl methyl sites for hydroxylation is 1. The van der Waals surface area contributed by atoms with Crippen molar-refractivity contribution < 1.29 is 13.2 Å². The Labute approximate surface area is 184 Å². The van der Waals surface area contributed by atoms with Gasteiger partial charge in [-0.15, -0.1) is 0 Å². The maximum Gasteiger partial charge on any atom is 0.256 e. The first-order valence-corrected chi connectivity index (χ1v) is 12.6. The lowest BCUT2D eigenvalue weighted by Gasteiger charge is -2.30. The minimum absolute atomic E-state index is 0.0191. The Balaban J connectivity index is 2.08. The summed E-state index contributed by atoms with van der Waals surface area (Å²) in [6, 6.07) is 4.57. The standard InChI is InChI=1S/C23H33N3O4S/c1-5-16(3)24-23(28)20-15-26(6-2)21-13-12-18(14-19(21)22(20)27)31(29,30)25(4)17-10-8-7-9-11-17/h12-17H,5-11H2,1-4H3,(H,24,28)/t16-/m0/s1. The van der Waals surface area contributed by atoms with Crippen LogP contribution in [0, 0.1) is 0 Å². The van der Waals surface area contributed by atoms with Gasteiger partial charge in [-0.25, -0.2) is 8.42 Å². The van der Waals surface area contributed by atoms with E-state index in [2.05, 4.69) is 5.32 Å². The van der Waals surface area contributed by atoms with Crippen LogP contribution in [0.3, 0.4) is 0 Å². The van der Waals surface area contributed by atoms with E-state index < -0.39 is 21.4 Å². The summed E-state index contributed by atoms with van der Waals surface area (Å²) in [6.45, 7) is 6.30. The second-order valence-electron chi connectivity index (χ2n) is 8.43. The Kier molecular flexibility index (Phi) is 7.21. The molecule has 1 saturated carbocycles. The molecular weight excluding hydrogens is 414 g/mol. The number of benzene rings is 1. The van der Waals surface area contributed by atoms with Crippen molar-refractivity contribution in [2.24, 2.45) is 0 Å². The molecule has 1 N–H and O–H groups in total. The summed E-state index contributed by atoms with van der Waals surface area (Å²) in [7, 11) is -2.12. The Hall–Kier alpha value is -2.19. The summed E-state index contributed by atoms with van der Waals surface area (Å²) in [5, 5.41) is 3.08. The number of pyridine rings is 1. The van der Waals surface area contributed by atoms with E-state index in [1.54, 1.807) is 25.4 Å². The Morgan fingerprint density at radius 2 is 1.90 bits per heavy atom. The lowest BCUT2D eigenvalue weighted by Crippen LogP contribution is -2.38. The van der Waals surface area contributed by atoms with E-state index in [9.17, 15) is 18.0 Å². The van der Waals surface area contributed by atoms with Gasteiger partial charge in [-0.3, -0.25) is 9.59 Å². The molecule has 0 bridgehead atoms. The van der Waals surface area contributed by atoms with Crippen LogP contribution in [0.5, 0.6) is 0 Å². The summed E-state index contributed by atoms with van der Waals surface area (Å²) >= 11 is 0. The van der Waals surface area contributed by atoms with Crippen LogP contribution in [0.4, 0.5) is 0 Å². The fourth-order valence-corrected chi connectivity index (χ4v) is 5.61. The van der Waals surface area contributed by atoms with Crippen LogP contribution >= 0.6 is 0 Å². The average Bonchev–Trinajstić information content (AvgIpc) is 2.78. The van der Waals surface area contributed by atoms with Crippen LogP contribution in [0.1, 0.15) is 69.7 Å². The average molecular weight is 448 g/mol. The van der Waals surface area contributed by atoms with Crippen molar-refractivity contribution in [3.05, 3.63) is 40.2 Å². The molecule has 2 aromatic rings. The summed E-state index contributed by atoms with van der Waals surface area (Å²) in [5.41, 5.74) is 0.203. The largest absolute Gasteiger partial charge is 0.349 e. The van der Waals surface area contributed by atoms with Crippen LogP contribution in [0.2, 0.25) is 0 Å². The normalized spacial score (nSPS) is 16.5.